The summed E-state index contributed by atoms with van der Waals surface area (Å²) in [6.07, 6.45) is 1.00. The molecule has 0 spiro atoms. The van der Waals surface area contributed by atoms with Gasteiger partial charge in [0.05, 0.1) is 5.92 Å². The van der Waals surface area contributed by atoms with Crippen LogP contribution in [0.3, 0.4) is 0 Å². The molecule has 11 heavy (non-hydrogen) atoms. The minimum atomic E-state index is 0.236. The highest BCUT2D eigenvalue weighted by molar-refractivity contribution is 5.79. The van der Waals surface area contributed by atoms with Crippen LogP contribution in [0.1, 0.15) is 13.3 Å². The van der Waals surface area contributed by atoms with Crippen LogP contribution >= 0.6 is 0 Å². The SMILES string of the molecule is CCN(C)C(=O)[C@@H]1CCNC1. The number of amides is 1. The van der Waals surface area contributed by atoms with Gasteiger partial charge in [-0.3, -0.25) is 4.79 Å². The quantitative estimate of drug-likeness (QED) is 0.614. The maximum absolute atomic E-state index is 11.5. The van der Waals surface area contributed by atoms with Crippen molar-refractivity contribution in [3.05, 3.63) is 0 Å². The minimum Gasteiger partial charge on any atom is -0.346 e. The molecule has 1 atom stereocenters. The van der Waals surface area contributed by atoms with E-state index in [1.165, 1.54) is 0 Å². The predicted octanol–water partition coefficient (Wildman–Crippen LogP) is 0.0742. The highest BCUT2D eigenvalue weighted by Gasteiger charge is 2.24. The average Bonchev–Trinajstić information content (AvgIpc) is 2.53. The van der Waals surface area contributed by atoms with Crippen LogP contribution in [0, 0.1) is 5.92 Å². The van der Waals surface area contributed by atoms with Gasteiger partial charge in [-0.15, -0.1) is 0 Å². The molecule has 1 aliphatic rings. The van der Waals surface area contributed by atoms with Crippen LogP contribution in [0.25, 0.3) is 0 Å². The second kappa shape index (κ2) is 3.72. The Labute approximate surface area is 67.8 Å². The summed E-state index contributed by atoms with van der Waals surface area (Å²) < 4.78 is 0. The van der Waals surface area contributed by atoms with Crippen molar-refractivity contribution < 1.29 is 4.79 Å². The molecule has 1 fully saturated rings. The average molecular weight is 156 g/mol. The number of carbonyl (C=O) groups is 1. The van der Waals surface area contributed by atoms with E-state index in [0.717, 1.165) is 26.1 Å². The topological polar surface area (TPSA) is 32.3 Å². The van der Waals surface area contributed by atoms with Gasteiger partial charge >= 0.3 is 0 Å². The number of nitrogens with one attached hydrogen (secondary N) is 1. The second-order valence-corrected chi connectivity index (χ2v) is 3.04. The minimum absolute atomic E-state index is 0.236. The Morgan fingerprint density at radius 2 is 2.45 bits per heavy atom. The molecule has 0 aromatic heterocycles. The first-order valence-corrected chi connectivity index (χ1v) is 4.21. The molecular weight excluding hydrogens is 140 g/mol. The third-order valence-electron chi connectivity index (χ3n) is 2.26. The molecule has 0 saturated carbocycles. The first-order valence-electron chi connectivity index (χ1n) is 4.21. The van der Waals surface area contributed by atoms with E-state index >= 15 is 0 Å². The molecule has 1 N–H and O–H groups in total. The van der Waals surface area contributed by atoms with Crippen molar-refractivity contribution in [3.63, 3.8) is 0 Å². The Balaban J connectivity index is 2.39. The third kappa shape index (κ3) is 1.93. The number of hydrogen-bond donors (Lipinski definition) is 1. The van der Waals surface area contributed by atoms with Crippen molar-refractivity contribution in [2.45, 2.75) is 13.3 Å². The zero-order valence-corrected chi connectivity index (χ0v) is 7.26. The van der Waals surface area contributed by atoms with Crippen molar-refractivity contribution in [1.29, 1.82) is 0 Å². The smallest absolute Gasteiger partial charge is 0.226 e. The predicted molar refractivity (Wildman–Crippen MR) is 44.3 cm³/mol. The first-order chi connectivity index (χ1) is 5.25. The largest absolute Gasteiger partial charge is 0.346 e. The van der Waals surface area contributed by atoms with Gasteiger partial charge in [0.2, 0.25) is 5.91 Å². The fourth-order valence-corrected chi connectivity index (χ4v) is 1.33. The summed E-state index contributed by atoms with van der Waals surface area (Å²) >= 11 is 0. The number of rotatable bonds is 2. The highest BCUT2D eigenvalue weighted by atomic mass is 16.2. The third-order valence-corrected chi connectivity index (χ3v) is 2.26. The van der Waals surface area contributed by atoms with E-state index in [4.69, 9.17) is 0 Å². The molecule has 0 radical (unpaired) electrons. The standard InChI is InChI=1S/C8H16N2O/c1-3-10(2)8(11)7-4-5-9-6-7/h7,9H,3-6H2,1-2H3/t7-/m1/s1. The molecule has 3 nitrogen and oxygen atoms in total. The van der Waals surface area contributed by atoms with Gasteiger partial charge in [0.1, 0.15) is 0 Å². The second-order valence-electron chi connectivity index (χ2n) is 3.04. The van der Waals surface area contributed by atoms with E-state index < -0.39 is 0 Å². The Morgan fingerprint density at radius 1 is 1.73 bits per heavy atom. The van der Waals surface area contributed by atoms with Crippen molar-refractivity contribution in [2.24, 2.45) is 5.92 Å². The Bertz CT molecular complexity index is 141. The van der Waals surface area contributed by atoms with Gasteiger partial charge in [0.15, 0.2) is 0 Å². The fourth-order valence-electron chi connectivity index (χ4n) is 1.33. The molecule has 64 valence electrons. The summed E-state index contributed by atoms with van der Waals surface area (Å²) in [5, 5.41) is 3.18. The van der Waals surface area contributed by atoms with Crippen LogP contribution in [-0.2, 0) is 4.79 Å². The van der Waals surface area contributed by atoms with Gasteiger partial charge in [0, 0.05) is 20.1 Å². The summed E-state index contributed by atoms with van der Waals surface area (Å²) in [4.78, 5) is 13.3. The van der Waals surface area contributed by atoms with E-state index in [1.54, 1.807) is 4.90 Å². The van der Waals surface area contributed by atoms with Crippen LogP contribution in [0.2, 0.25) is 0 Å². The van der Waals surface area contributed by atoms with Crippen molar-refractivity contribution in [2.75, 3.05) is 26.7 Å². The van der Waals surface area contributed by atoms with Crippen molar-refractivity contribution in [1.82, 2.24) is 10.2 Å². The van der Waals surface area contributed by atoms with Crippen LogP contribution in [0.15, 0.2) is 0 Å². The normalized spacial score (nSPS) is 23.6. The summed E-state index contributed by atoms with van der Waals surface area (Å²) in [6, 6.07) is 0. The molecule has 0 aliphatic carbocycles. The van der Waals surface area contributed by atoms with Gasteiger partial charge in [-0.2, -0.15) is 0 Å². The fraction of sp³-hybridized carbons (Fsp3) is 0.875. The molecule has 1 saturated heterocycles. The lowest BCUT2D eigenvalue weighted by Crippen LogP contribution is -2.33. The highest BCUT2D eigenvalue weighted by Crippen LogP contribution is 2.09. The lowest BCUT2D eigenvalue weighted by atomic mass is 10.1. The number of hydrogen-bond acceptors (Lipinski definition) is 2. The summed E-state index contributed by atoms with van der Waals surface area (Å²) in [7, 11) is 1.86. The van der Waals surface area contributed by atoms with E-state index in [-0.39, 0.29) is 11.8 Å². The summed E-state index contributed by atoms with van der Waals surface area (Å²) in [5.74, 6) is 0.525. The number of carbonyl (C=O) groups excluding carboxylic acids is 1. The van der Waals surface area contributed by atoms with E-state index in [1.807, 2.05) is 14.0 Å². The molecule has 3 heteroatoms. The van der Waals surface area contributed by atoms with Gasteiger partial charge in [0.25, 0.3) is 0 Å². The molecule has 0 unspecified atom stereocenters. The first kappa shape index (κ1) is 8.53. The van der Waals surface area contributed by atoms with Crippen LogP contribution in [0.5, 0.6) is 0 Å². The summed E-state index contributed by atoms with van der Waals surface area (Å²) in [6.45, 7) is 4.67. The van der Waals surface area contributed by atoms with Gasteiger partial charge < -0.3 is 10.2 Å². The molecular formula is C8H16N2O. The van der Waals surface area contributed by atoms with Crippen molar-refractivity contribution in [3.8, 4) is 0 Å². The monoisotopic (exact) mass is 156 g/mol. The Hall–Kier alpha value is -0.570. The van der Waals surface area contributed by atoms with Crippen LogP contribution in [0.4, 0.5) is 0 Å². The molecule has 0 bridgehead atoms. The van der Waals surface area contributed by atoms with E-state index in [9.17, 15) is 4.79 Å². The van der Waals surface area contributed by atoms with Crippen LogP contribution in [-0.4, -0.2) is 37.5 Å². The molecule has 0 aromatic rings. The molecule has 1 aliphatic heterocycles. The molecule has 0 aromatic carbocycles. The van der Waals surface area contributed by atoms with Crippen LogP contribution < -0.4 is 5.32 Å². The zero-order valence-electron chi connectivity index (χ0n) is 7.26. The van der Waals surface area contributed by atoms with Gasteiger partial charge in [-0.25, -0.2) is 0 Å². The van der Waals surface area contributed by atoms with Crippen molar-refractivity contribution >= 4 is 5.91 Å². The van der Waals surface area contributed by atoms with Gasteiger partial charge in [-0.1, -0.05) is 0 Å². The zero-order chi connectivity index (χ0) is 8.27. The Kier molecular flexibility index (Phi) is 2.88. The molecule has 1 rings (SSSR count). The summed E-state index contributed by atoms with van der Waals surface area (Å²) in [5.41, 5.74) is 0. The van der Waals surface area contributed by atoms with E-state index in [2.05, 4.69) is 5.32 Å². The lowest BCUT2D eigenvalue weighted by Gasteiger charge is -2.18. The number of nitrogens with zero attached hydrogens (tertiary/aromatic N) is 1. The molecule has 1 amide bonds. The Morgan fingerprint density at radius 3 is 2.91 bits per heavy atom. The lowest BCUT2D eigenvalue weighted by molar-refractivity contribution is -0.133. The maximum atomic E-state index is 11.5. The van der Waals surface area contributed by atoms with Gasteiger partial charge in [-0.05, 0) is 19.9 Å². The maximum Gasteiger partial charge on any atom is 0.226 e. The molecule has 1 heterocycles. The van der Waals surface area contributed by atoms with E-state index in [0.29, 0.717) is 0 Å².